The van der Waals surface area contributed by atoms with Crippen LogP contribution in [0.1, 0.15) is 25.8 Å². The fourth-order valence-corrected chi connectivity index (χ4v) is 3.13. The number of hydrogen-bond donors (Lipinski definition) is 1. The molecule has 0 aliphatic carbocycles. The average molecular weight is 283 g/mol. The van der Waals surface area contributed by atoms with Crippen LogP contribution in [0, 0.1) is 0 Å². The van der Waals surface area contributed by atoms with Crippen molar-refractivity contribution >= 4 is 17.4 Å². The molecule has 0 spiro atoms. The van der Waals surface area contributed by atoms with E-state index in [1.54, 1.807) is 6.20 Å². The molecule has 0 amide bonds. The molecule has 0 bridgehead atoms. The second-order valence-electron chi connectivity index (χ2n) is 4.92. The monoisotopic (exact) mass is 282 g/mol. The van der Waals surface area contributed by atoms with E-state index in [-0.39, 0.29) is 0 Å². The van der Waals surface area contributed by atoms with Crippen molar-refractivity contribution in [2.24, 2.45) is 5.73 Å². The van der Waals surface area contributed by atoms with Gasteiger partial charge in [-0.3, -0.25) is 4.90 Å². The molecule has 2 N–H and O–H groups in total. The van der Waals surface area contributed by atoms with E-state index < -0.39 is 0 Å². The summed E-state index contributed by atoms with van der Waals surface area (Å²) in [6.45, 7) is 9.10. The van der Waals surface area contributed by atoms with Gasteiger partial charge >= 0.3 is 0 Å². The highest BCUT2D eigenvalue weighted by molar-refractivity contribution is 6.33. The number of hydrogen-bond acceptors (Lipinski definition) is 4. The molecule has 1 aromatic heterocycles. The first-order chi connectivity index (χ1) is 9.21. The Morgan fingerprint density at radius 3 is 2.84 bits per heavy atom. The highest BCUT2D eigenvalue weighted by Crippen LogP contribution is 2.30. The van der Waals surface area contributed by atoms with E-state index in [1.165, 1.54) is 6.42 Å². The molecule has 106 valence electrons. The summed E-state index contributed by atoms with van der Waals surface area (Å²) in [5, 5.41) is 0.713. The Morgan fingerprint density at radius 1 is 1.47 bits per heavy atom. The van der Waals surface area contributed by atoms with Crippen molar-refractivity contribution in [3.63, 3.8) is 0 Å². The molecular formula is C14H23ClN4. The molecule has 2 heterocycles. The molecule has 0 radical (unpaired) electrons. The lowest BCUT2D eigenvalue weighted by Crippen LogP contribution is -2.37. The normalized spacial score (nSPS) is 19.4. The Bertz CT molecular complexity index is 420. The zero-order valence-corrected chi connectivity index (χ0v) is 12.5. The van der Waals surface area contributed by atoms with Crippen LogP contribution < -0.4 is 10.6 Å². The van der Waals surface area contributed by atoms with Crippen LogP contribution in [0.15, 0.2) is 12.3 Å². The lowest BCUT2D eigenvalue weighted by atomic mass is 10.2. The van der Waals surface area contributed by atoms with Gasteiger partial charge in [-0.2, -0.15) is 0 Å². The summed E-state index contributed by atoms with van der Waals surface area (Å²) in [6, 6.07) is 2.50. The van der Waals surface area contributed by atoms with E-state index in [4.69, 9.17) is 17.3 Å². The van der Waals surface area contributed by atoms with Gasteiger partial charge in [-0.25, -0.2) is 4.98 Å². The SMILES string of the molecule is CCN(CC)C1CCN(c2nccc(CN)c2Cl)C1. The van der Waals surface area contributed by atoms with Crippen LogP contribution in [0.4, 0.5) is 5.82 Å². The van der Waals surface area contributed by atoms with E-state index in [0.29, 0.717) is 17.6 Å². The first kappa shape index (κ1) is 14.6. The van der Waals surface area contributed by atoms with Crippen molar-refractivity contribution in [2.75, 3.05) is 31.1 Å². The largest absolute Gasteiger partial charge is 0.354 e. The number of aromatic nitrogens is 1. The molecule has 1 atom stereocenters. The van der Waals surface area contributed by atoms with Crippen molar-refractivity contribution in [1.82, 2.24) is 9.88 Å². The van der Waals surface area contributed by atoms with Gasteiger partial charge in [-0.1, -0.05) is 25.4 Å². The van der Waals surface area contributed by atoms with E-state index in [1.807, 2.05) is 6.07 Å². The van der Waals surface area contributed by atoms with Crippen LogP contribution in [0.25, 0.3) is 0 Å². The maximum absolute atomic E-state index is 6.39. The third kappa shape index (κ3) is 3.02. The smallest absolute Gasteiger partial charge is 0.147 e. The summed E-state index contributed by atoms with van der Waals surface area (Å²) in [5.41, 5.74) is 6.67. The van der Waals surface area contributed by atoms with E-state index in [0.717, 1.165) is 37.6 Å². The molecule has 1 saturated heterocycles. The van der Waals surface area contributed by atoms with Gasteiger partial charge in [-0.15, -0.1) is 0 Å². The van der Waals surface area contributed by atoms with Crippen LogP contribution in [0.5, 0.6) is 0 Å². The summed E-state index contributed by atoms with van der Waals surface area (Å²) >= 11 is 6.39. The highest BCUT2D eigenvalue weighted by atomic mass is 35.5. The molecule has 1 fully saturated rings. The molecule has 19 heavy (non-hydrogen) atoms. The Hall–Kier alpha value is -0.840. The summed E-state index contributed by atoms with van der Waals surface area (Å²) in [5.74, 6) is 0.888. The Kier molecular flexibility index (Phi) is 5.02. The van der Waals surface area contributed by atoms with E-state index in [9.17, 15) is 0 Å². The summed E-state index contributed by atoms with van der Waals surface area (Å²) < 4.78 is 0. The number of halogens is 1. The number of nitrogens with zero attached hydrogens (tertiary/aromatic N) is 3. The third-order valence-electron chi connectivity index (χ3n) is 3.96. The fourth-order valence-electron chi connectivity index (χ4n) is 2.82. The fraction of sp³-hybridized carbons (Fsp3) is 0.643. The van der Waals surface area contributed by atoms with Crippen LogP contribution in [0.2, 0.25) is 5.02 Å². The molecule has 1 unspecified atom stereocenters. The first-order valence-electron chi connectivity index (χ1n) is 7.03. The van der Waals surface area contributed by atoms with Gasteiger partial charge in [0.1, 0.15) is 5.82 Å². The molecule has 1 aliphatic rings. The molecule has 5 heteroatoms. The second kappa shape index (κ2) is 6.55. The Labute approximate surface area is 120 Å². The highest BCUT2D eigenvalue weighted by Gasteiger charge is 2.28. The number of rotatable bonds is 5. The minimum Gasteiger partial charge on any atom is -0.354 e. The lowest BCUT2D eigenvalue weighted by Gasteiger charge is -2.26. The van der Waals surface area contributed by atoms with Gasteiger partial charge in [0.25, 0.3) is 0 Å². The lowest BCUT2D eigenvalue weighted by molar-refractivity contribution is 0.232. The van der Waals surface area contributed by atoms with Crippen molar-refractivity contribution < 1.29 is 0 Å². The van der Waals surface area contributed by atoms with Crippen molar-refractivity contribution in [3.05, 3.63) is 22.8 Å². The van der Waals surface area contributed by atoms with Gasteiger partial charge in [0.2, 0.25) is 0 Å². The Balaban J connectivity index is 2.13. The van der Waals surface area contributed by atoms with Crippen LogP contribution in [0.3, 0.4) is 0 Å². The molecular weight excluding hydrogens is 260 g/mol. The number of nitrogens with two attached hydrogens (primary N) is 1. The zero-order chi connectivity index (χ0) is 13.8. The summed E-state index contributed by atoms with van der Waals surface area (Å²) in [7, 11) is 0. The molecule has 1 aromatic rings. The minimum atomic E-state index is 0.460. The van der Waals surface area contributed by atoms with Gasteiger partial charge in [-0.05, 0) is 31.1 Å². The molecule has 0 saturated carbocycles. The van der Waals surface area contributed by atoms with Crippen LogP contribution in [-0.2, 0) is 6.54 Å². The maximum Gasteiger partial charge on any atom is 0.147 e. The topological polar surface area (TPSA) is 45.4 Å². The molecule has 0 aromatic carbocycles. The average Bonchev–Trinajstić information content (AvgIpc) is 2.90. The van der Waals surface area contributed by atoms with Crippen molar-refractivity contribution in [2.45, 2.75) is 32.9 Å². The van der Waals surface area contributed by atoms with Gasteiger partial charge < -0.3 is 10.6 Å². The summed E-state index contributed by atoms with van der Waals surface area (Å²) in [6.07, 6.45) is 2.97. The predicted octanol–water partition coefficient (Wildman–Crippen LogP) is 2.11. The Morgan fingerprint density at radius 2 is 2.21 bits per heavy atom. The van der Waals surface area contributed by atoms with Crippen LogP contribution >= 0.6 is 11.6 Å². The predicted molar refractivity (Wildman–Crippen MR) is 80.7 cm³/mol. The standard InChI is InChI=1S/C14H23ClN4/c1-3-18(4-2)12-6-8-19(10-12)14-13(15)11(9-16)5-7-17-14/h5,7,12H,3-4,6,8-10,16H2,1-2H3. The molecule has 4 nitrogen and oxygen atoms in total. The van der Waals surface area contributed by atoms with E-state index >= 15 is 0 Å². The second-order valence-corrected chi connectivity index (χ2v) is 5.30. The number of pyridine rings is 1. The molecule has 1 aliphatic heterocycles. The molecule has 2 rings (SSSR count). The number of likely N-dealkylation sites (N-methyl/N-ethyl adjacent to an activating group) is 1. The van der Waals surface area contributed by atoms with Gasteiger partial charge in [0, 0.05) is 31.9 Å². The van der Waals surface area contributed by atoms with Crippen LogP contribution in [-0.4, -0.2) is 42.1 Å². The van der Waals surface area contributed by atoms with Crippen molar-refractivity contribution in [3.8, 4) is 0 Å². The van der Waals surface area contributed by atoms with E-state index in [2.05, 4.69) is 28.6 Å². The van der Waals surface area contributed by atoms with Gasteiger partial charge in [0.05, 0.1) is 5.02 Å². The summed E-state index contributed by atoms with van der Waals surface area (Å²) in [4.78, 5) is 9.22. The van der Waals surface area contributed by atoms with Gasteiger partial charge in [0.15, 0.2) is 0 Å². The first-order valence-corrected chi connectivity index (χ1v) is 7.41. The zero-order valence-electron chi connectivity index (χ0n) is 11.8. The third-order valence-corrected chi connectivity index (χ3v) is 4.37. The number of anilines is 1. The van der Waals surface area contributed by atoms with Crippen molar-refractivity contribution in [1.29, 1.82) is 0 Å². The minimum absolute atomic E-state index is 0.460. The maximum atomic E-state index is 6.39. The quantitative estimate of drug-likeness (QED) is 0.898.